The molecule has 2 rings (SSSR count). The number of hydrogen-bond acceptors (Lipinski definition) is 6. The molecule has 0 radical (unpaired) electrons. The van der Waals surface area contributed by atoms with Crippen LogP contribution in [0.5, 0.6) is 0 Å². The molecule has 1 aromatic carbocycles. The fourth-order valence-corrected chi connectivity index (χ4v) is 4.54. The molecule has 0 aliphatic rings. The summed E-state index contributed by atoms with van der Waals surface area (Å²) in [4.78, 5) is 2.07. The van der Waals surface area contributed by atoms with Gasteiger partial charge in [0.05, 0.1) is 29.1 Å². The first-order valence-electron chi connectivity index (χ1n) is 8.99. The van der Waals surface area contributed by atoms with Crippen molar-refractivity contribution in [1.82, 2.24) is 15.0 Å². The zero-order valence-electron chi connectivity index (χ0n) is 16.2. The summed E-state index contributed by atoms with van der Waals surface area (Å²) in [5, 5.41) is 17.1. The predicted molar refractivity (Wildman–Crippen MR) is 112 cm³/mol. The van der Waals surface area contributed by atoms with Gasteiger partial charge in [0.15, 0.2) is 0 Å². The van der Waals surface area contributed by atoms with E-state index in [2.05, 4.69) is 23.8 Å². The highest BCUT2D eigenvalue weighted by molar-refractivity contribution is 7.99. The van der Waals surface area contributed by atoms with E-state index in [0.29, 0.717) is 18.8 Å². The molecule has 0 unspecified atom stereocenters. The van der Waals surface area contributed by atoms with E-state index in [0.717, 1.165) is 40.3 Å². The van der Waals surface area contributed by atoms with Gasteiger partial charge in [-0.3, -0.25) is 9.40 Å². The number of nitrogens with zero attached hydrogens (tertiary/aromatic N) is 2. The number of sulfonamides is 1. The first-order valence-corrected chi connectivity index (χ1v) is 11.7. The summed E-state index contributed by atoms with van der Waals surface area (Å²) in [6.07, 6.45) is 2.79. The molecule has 0 bridgehead atoms. The summed E-state index contributed by atoms with van der Waals surface area (Å²) >= 11 is 1.60. The number of nitrogens with one attached hydrogen (secondary N) is 2. The van der Waals surface area contributed by atoms with Gasteiger partial charge in [-0.05, 0) is 37.9 Å². The van der Waals surface area contributed by atoms with Gasteiger partial charge in [0, 0.05) is 17.1 Å². The van der Waals surface area contributed by atoms with Crippen molar-refractivity contribution < 1.29 is 13.4 Å². The Morgan fingerprint density at radius 3 is 2.63 bits per heavy atom. The third-order valence-electron chi connectivity index (χ3n) is 3.87. The Hall–Kier alpha value is -1.49. The zero-order chi connectivity index (χ0) is 20.0. The molecule has 10 heteroatoms. The molecule has 148 valence electrons. The number of aromatic nitrogens is 2. The van der Waals surface area contributed by atoms with E-state index in [1.807, 2.05) is 22.9 Å². The average molecular weight is 410 g/mol. The van der Waals surface area contributed by atoms with Crippen molar-refractivity contribution in [3.8, 4) is 0 Å². The van der Waals surface area contributed by atoms with Crippen LogP contribution in [0.4, 0.5) is 5.69 Å². The summed E-state index contributed by atoms with van der Waals surface area (Å²) < 4.78 is 27.4. The second kappa shape index (κ2) is 9.63. The fraction of sp³-hybridized carbons (Fsp3) is 0.471. The first kappa shape index (κ1) is 21.8. The number of benzene rings is 1. The minimum Gasteiger partial charge on any atom is -0.437 e. The molecule has 0 amide bonds. The SMILES string of the molecule is CCc1nn(CCNB(C)O)c(CC)c1Sc1cccc(NS(C)(=O)=O)c1. The molecule has 1 heterocycles. The Labute approximate surface area is 166 Å². The van der Waals surface area contributed by atoms with Crippen LogP contribution in [0.3, 0.4) is 0 Å². The molecule has 2 aromatic rings. The maximum Gasteiger partial charge on any atom is 0.373 e. The van der Waals surface area contributed by atoms with Gasteiger partial charge in [0.1, 0.15) is 0 Å². The summed E-state index contributed by atoms with van der Waals surface area (Å²) in [6, 6.07) is 7.36. The maximum absolute atomic E-state index is 11.5. The third-order valence-corrected chi connectivity index (χ3v) is 5.64. The molecule has 1 aromatic heterocycles. The van der Waals surface area contributed by atoms with E-state index in [1.165, 1.54) is 0 Å². The third kappa shape index (κ3) is 6.56. The smallest absolute Gasteiger partial charge is 0.373 e. The van der Waals surface area contributed by atoms with Crippen LogP contribution >= 0.6 is 11.8 Å². The maximum atomic E-state index is 11.5. The summed E-state index contributed by atoms with van der Waals surface area (Å²) in [6.45, 7) is 7.18. The van der Waals surface area contributed by atoms with E-state index in [4.69, 9.17) is 5.10 Å². The summed E-state index contributed by atoms with van der Waals surface area (Å²) in [7, 11) is -3.85. The zero-order valence-corrected chi connectivity index (χ0v) is 17.8. The largest absolute Gasteiger partial charge is 0.437 e. The summed E-state index contributed by atoms with van der Waals surface area (Å²) in [5.74, 6) is 0. The van der Waals surface area contributed by atoms with Crippen LogP contribution in [-0.2, 0) is 29.4 Å². The van der Waals surface area contributed by atoms with Gasteiger partial charge in [0.25, 0.3) is 0 Å². The Balaban J connectivity index is 2.27. The molecule has 0 saturated carbocycles. The van der Waals surface area contributed by atoms with Crippen molar-refractivity contribution in [2.24, 2.45) is 0 Å². The lowest BCUT2D eigenvalue weighted by atomic mass is 9.89. The number of hydrogen-bond donors (Lipinski definition) is 3. The van der Waals surface area contributed by atoms with E-state index >= 15 is 0 Å². The van der Waals surface area contributed by atoms with Crippen molar-refractivity contribution in [1.29, 1.82) is 0 Å². The van der Waals surface area contributed by atoms with Gasteiger partial charge in [-0.15, -0.1) is 0 Å². The second-order valence-corrected chi connectivity index (χ2v) is 9.12. The molecule has 27 heavy (non-hydrogen) atoms. The van der Waals surface area contributed by atoms with Crippen molar-refractivity contribution in [3.63, 3.8) is 0 Å². The molecule has 0 saturated heterocycles. The Morgan fingerprint density at radius 2 is 2.04 bits per heavy atom. The standard InChI is InChI=1S/C17H27BN4O3S2/c1-5-15-17(16(6-2)22(20-15)11-10-19-18(3)23)26-14-9-7-8-13(12-14)21-27(4,24)25/h7-9,12,19,21,23H,5-6,10-11H2,1-4H3. The van der Waals surface area contributed by atoms with Gasteiger partial charge in [-0.25, -0.2) is 8.42 Å². The normalized spacial score (nSPS) is 11.6. The van der Waals surface area contributed by atoms with Crippen molar-refractivity contribution in [3.05, 3.63) is 35.7 Å². The Kier molecular flexibility index (Phi) is 7.78. The van der Waals surface area contributed by atoms with E-state index < -0.39 is 17.1 Å². The lowest BCUT2D eigenvalue weighted by Crippen LogP contribution is -2.33. The van der Waals surface area contributed by atoms with Gasteiger partial charge >= 0.3 is 7.05 Å². The predicted octanol–water partition coefficient (Wildman–Crippen LogP) is 2.23. The van der Waals surface area contributed by atoms with Crippen LogP contribution in [0.15, 0.2) is 34.1 Å². The second-order valence-electron chi connectivity index (χ2n) is 6.29. The highest BCUT2D eigenvalue weighted by Crippen LogP contribution is 2.35. The van der Waals surface area contributed by atoms with Crippen LogP contribution in [0.2, 0.25) is 6.82 Å². The van der Waals surface area contributed by atoms with Gasteiger partial charge < -0.3 is 10.3 Å². The van der Waals surface area contributed by atoms with Crippen LogP contribution in [0.1, 0.15) is 25.2 Å². The van der Waals surface area contributed by atoms with Crippen LogP contribution in [0, 0.1) is 0 Å². The fourth-order valence-electron chi connectivity index (χ4n) is 2.75. The van der Waals surface area contributed by atoms with Gasteiger partial charge in [0.2, 0.25) is 10.0 Å². The lowest BCUT2D eigenvalue weighted by molar-refractivity contribution is 0.525. The Bertz CT molecular complexity index is 869. The molecule has 0 aliphatic carbocycles. The molecule has 3 N–H and O–H groups in total. The van der Waals surface area contributed by atoms with E-state index in [-0.39, 0.29) is 0 Å². The first-order chi connectivity index (χ1) is 12.7. The Morgan fingerprint density at radius 1 is 1.30 bits per heavy atom. The van der Waals surface area contributed by atoms with Crippen LogP contribution in [0.25, 0.3) is 0 Å². The molecular formula is C17H27BN4O3S2. The molecule has 7 nitrogen and oxygen atoms in total. The quantitative estimate of drug-likeness (QED) is 0.520. The molecule has 0 fully saturated rings. The van der Waals surface area contributed by atoms with Crippen molar-refractivity contribution >= 4 is 34.5 Å². The molecular weight excluding hydrogens is 383 g/mol. The molecule has 0 aliphatic heterocycles. The monoisotopic (exact) mass is 410 g/mol. The summed E-state index contributed by atoms with van der Waals surface area (Å²) in [5.41, 5.74) is 2.72. The number of aryl methyl sites for hydroxylation is 1. The van der Waals surface area contributed by atoms with Gasteiger partial charge in [-0.1, -0.05) is 31.7 Å². The minimum absolute atomic E-state index is 0.546. The topological polar surface area (TPSA) is 96.2 Å². The van der Waals surface area contributed by atoms with E-state index in [1.54, 1.807) is 24.7 Å². The van der Waals surface area contributed by atoms with Crippen molar-refractivity contribution in [2.45, 2.75) is 49.8 Å². The average Bonchev–Trinajstić information content (AvgIpc) is 2.90. The molecule has 0 atom stereocenters. The van der Waals surface area contributed by atoms with E-state index in [9.17, 15) is 13.4 Å². The molecule has 0 spiro atoms. The highest BCUT2D eigenvalue weighted by atomic mass is 32.2. The van der Waals surface area contributed by atoms with Crippen LogP contribution in [-0.4, -0.2) is 43.1 Å². The number of rotatable bonds is 10. The van der Waals surface area contributed by atoms with Crippen LogP contribution < -0.4 is 9.95 Å². The van der Waals surface area contributed by atoms with Gasteiger partial charge in [-0.2, -0.15) is 5.10 Å². The van der Waals surface area contributed by atoms with Crippen molar-refractivity contribution in [2.75, 3.05) is 17.5 Å². The highest BCUT2D eigenvalue weighted by Gasteiger charge is 2.17. The minimum atomic E-state index is -3.31. The number of anilines is 1. The lowest BCUT2D eigenvalue weighted by Gasteiger charge is -2.10.